The van der Waals surface area contributed by atoms with Crippen LogP contribution in [0.2, 0.25) is 10.0 Å². The van der Waals surface area contributed by atoms with Gasteiger partial charge in [0.1, 0.15) is 11.5 Å². The Morgan fingerprint density at radius 2 is 1.75 bits per heavy atom. The van der Waals surface area contributed by atoms with E-state index >= 15 is 0 Å². The average molecular weight is 471 g/mol. The number of anilines is 1. The topological polar surface area (TPSA) is 42.0 Å². The number of rotatable bonds is 4. The smallest absolute Gasteiger partial charge is 0.338 e. The number of methoxy groups -OCH3 is 1. The van der Waals surface area contributed by atoms with E-state index in [1.165, 1.54) is 7.11 Å². The Labute approximate surface area is 198 Å². The fraction of sp³-hybridized carbons (Fsp3) is 0.240. The van der Waals surface area contributed by atoms with Gasteiger partial charge in [-0.1, -0.05) is 35.4 Å². The van der Waals surface area contributed by atoms with E-state index in [1.54, 1.807) is 12.1 Å². The lowest BCUT2D eigenvalue weighted by molar-refractivity contribution is 0.0600. The Morgan fingerprint density at radius 1 is 1.03 bits per heavy atom. The van der Waals surface area contributed by atoms with Crippen LogP contribution in [0.1, 0.15) is 21.5 Å². The number of benzene rings is 2. The Kier molecular flexibility index (Phi) is 6.08. The van der Waals surface area contributed by atoms with Crippen LogP contribution < -0.4 is 9.64 Å². The first-order valence-electron chi connectivity index (χ1n) is 10.1. The fourth-order valence-corrected chi connectivity index (χ4v) is 4.19. The zero-order chi connectivity index (χ0) is 23.2. The van der Waals surface area contributed by atoms with Gasteiger partial charge < -0.3 is 14.4 Å². The van der Waals surface area contributed by atoms with E-state index in [0.717, 1.165) is 28.2 Å². The summed E-state index contributed by atoms with van der Waals surface area (Å²) in [5.41, 5.74) is 4.56. The highest BCUT2D eigenvalue weighted by Crippen LogP contribution is 2.46. The lowest BCUT2D eigenvalue weighted by Gasteiger charge is -2.31. The minimum Gasteiger partial charge on any atom is -0.465 e. The number of fused-ring (bicyclic) bond motifs is 2. The van der Waals surface area contributed by atoms with Gasteiger partial charge in [0.15, 0.2) is 0 Å². The standard InChI is InChI=1S/C25H24Cl2N2O3/c1-28(2)14-6-8-16-22(10-14)32-23-11-15(29(3)4)7-9-17(23)24(16)18-12-20(26)21(27)13-19(18)25(30)31-5/h6-14H,1-5H3. The summed E-state index contributed by atoms with van der Waals surface area (Å²) in [5.74, 6) is 0.948. The van der Waals surface area contributed by atoms with Gasteiger partial charge in [-0.2, -0.15) is 0 Å². The molecule has 0 saturated carbocycles. The van der Waals surface area contributed by atoms with Gasteiger partial charge >= 0.3 is 5.97 Å². The molecule has 7 heteroatoms. The highest BCUT2D eigenvalue weighted by molar-refractivity contribution is 6.42. The van der Waals surface area contributed by atoms with Crippen LogP contribution in [0.25, 0.3) is 5.57 Å². The van der Waals surface area contributed by atoms with Crippen LogP contribution in [0.3, 0.4) is 0 Å². The molecule has 0 spiro atoms. The second-order valence-electron chi connectivity index (χ2n) is 8.11. The molecule has 1 atom stereocenters. The number of esters is 1. The fourth-order valence-electron chi connectivity index (χ4n) is 3.86. The van der Waals surface area contributed by atoms with Gasteiger partial charge in [-0.3, -0.25) is 4.90 Å². The minimum atomic E-state index is -0.485. The lowest BCUT2D eigenvalue weighted by Crippen LogP contribution is -2.27. The number of carbonyl (C=O) groups is 1. The molecule has 0 N–H and O–H groups in total. The maximum atomic E-state index is 12.7. The third-order valence-corrected chi connectivity index (χ3v) is 6.34. The Balaban J connectivity index is 2.03. The number of carbonyl (C=O) groups excluding carboxylic acids is 1. The van der Waals surface area contributed by atoms with E-state index in [9.17, 15) is 4.79 Å². The van der Waals surface area contributed by atoms with Gasteiger partial charge in [0.25, 0.3) is 0 Å². The van der Waals surface area contributed by atoms with Gasteiger partial charge in [-0.25, -0.2) is 4.79 Å². The van der Waals surface area contributed by atoms with Crippen molar-refractivity contribution in [1.82, 2.24) is 4.90 Å². The summed E-state index contributed by atoms with van der Waals surface area (Å²) in [5, 5.41) is 0.649. The zero-order valence-corrected chi connectivity index (χ0v) is 20.1. The van der Waals surface area contributed by atoms with Gasteiger partial charge in [-0.15, -0.1) is 0 Å². The average Bonchev–Trinajstić information content (AvgIpc) is 2.77. The first-order valence-corrected chi connectivity index (χ1v) is 10.8. The van der Waals surface area contributed by atoms with Crippen molar-refractivity contribution in [3.8, 4) is 5.75 Å². The first-order chi connectivity index (χ1) is 15.2. The normalized spacial score (nSPS) is 16.9. The number of halogens is 2. The summed E-state index contributed by atoms with van der Waals surface area (Å²) < 4.78 is 11.4. The second kappa shape index (κ2) is 8.66. The molecule has 4 rings (SSSR count). The monoisotopic (exact) mass is 470 g/mol. The van der Waals surface area contributed by atoms with Crippen LogP contribution in [-0.4, -0.2) is 52.2 Å². The highest BCUT2D eigenvalue weighted by Gasteiger charge is 2.31. The highest BCUT2D eigenvalue weighted by atomic mass is 35.5. The molecule has 0 amide bonds. The number of ether oxygens (including phenoxy) is 2. The molecule has 1 aliphatic carbocycles. The summed E-state index contributed by atoms with van der Waals surface area (Å²) in [6.45, 7) is 0. The van der Waals surface area contributed by atoms with Crippen LogP contribution >= 0.6 is 23.2 Å². The third kappa shape index (κ3) is 3.92. The van der Waals surface area contributed by atoms with E-state index in [2.05, 4.69) is 17.1 Å². The first kappa shape index (κ1) is 22.5. The second-order valence-corrected chi connectivity index (χ2v) is 8.93. The van der Waals surface area contributed by atoms with Crippen LogP contribution in [0, 0.1) is 0 Å². The predicted octanol–water partition coefficient (Wildman–Crippen LogP) is 5.42. The van der Waals surface area contributed by atoms with E-state index in [0.29, 0.717) is 26.9 Å². The minimum absolute atomic E-state index is 0.0856. The summed E-state index contributed by atoms with van der Waals surface area (Å²) >= 11 is 12.7. The Morgan fingerprint density at radius 3 is 2.41 bits per heavy atom. The lowest BCUT2D eigenvalue weighted by atomic mass is 9.85. The number of allylic oxidation sites excluding steroid dienone is 1. The quantitative estimate of drug-likeness (QED) is 0.557. The molecular weight excluding hydrogens is 447 g/mol. The van der Waals surface area contributed by atoms with Crippen molar-refractivity contribution in [1.29, 1.82) is 0 Å². The van der Waals surface area contributed by atoms with Crippen LogP contribution in [0.4, 0.5) is 5.69 Å². The molecule has 1 heterocycles. The third-order valence-electron chi connectivity index (χ3n) is 5.62. The van der Waals surface area contributed by atoms with E-state index in [-0.39, 0.29) is 6.04 Å². The molecule has 2 aliphatic rings. The number of likely N-dealkylation sites (N-methyl/N-ethyl adjacent to an activating group) is 1. The van der Waals surface area contributed by atoms with Crippen molar-refractivity contribution in [3.63, 3.8) is 0 Å². The van der Waals surface area contributed by atoms with Crippen LogP contribution in [0.15, 0.2) is 59.9 Å². The van der Waals surface area contributed by atoms with Crippen molar-refractivity contribution in [3.05, 3.63) is 86.6 Å². The van der Waals surface area contributed by atoms with Crippen molar-refractivity contribution >= 4 is 40.4 Å². The molecule has 2 aromatic rings. The largest absolute Gasteiger partial charge is 0.465 e. The molecule has 1 unspecified atom stereocenters. The summed E-state index contributed by atoms with van der Waals surface area (Å²) in [6, 6.07) is 9.37. The molecule has 166 valence electrons. The van der Waals surface area contributed by atoms with Crippen LogP contribution in [-0.2, 0) is 4.74 Å². The van der Waals surface area contributed by atoms with Crippen molar-refractivity contribution < 1.29 is 14.3 Å². The molecule has 0 fully saturated rings. The molecule has 32 heavy (non-hydrogen) atoms. The van der Waals surface area contributed by atoms with Gasteiger partial charge in [0.05, 0.1) is 22.7 Å². The number of hydrogen-bond acceptors (Lipinski definition) is 5. The van der Waals surface area contributed by atoms with Gasteiger partial charge in [-0.05, 0) is 50.0 Å². The molecule has 0 bridgehead atoms. The number of hydrogen-bond donors (Lipinski definition) is 0. The molecule has 1 aliphatic heterocycles. The molecule has 0 radical (unpaired) electrons. The molecule has 5 nitrogen and oxygen atoms in total. The van der Waals surface area contributed by atoms with Crippen molar-refractivity contribution in [2.24, 2.45) is 0 Å². The predicted molar refractivity (Wildman–Crippen MR) is 130 cm³/mol. The molecule has 0 saturated heterocycles. The van der Waals surface area contributed by atoms with Gasteiger partial charge in [0, 0.05) is 48.6 Å². The van der Waals surface area contributed by atoms with Gasteiger partial charge in [0.2, 0.25) is 0 Å². The summed E-state index contributed by atoms with van der Waals surface area (Å²) in [6.07, 6.45) is 6.19. The molecular formula is C25H24Cl2N2O3. The van der Waals surface area contributed by atoms with E-state index < -0.39 is 5.97 Å². The summed E-state index contributed by atoms with van der Waals surface area (Å²) in [7, 11) is 9.33. The van der Waals surface area contributed by atoms with Crippen molar-refractivity contribution in [2.75, 3.05) is 40.2 Å². The van der Waals surface area contributed by atoms with Crippen molar-refractivity contribution in [2.45, 2.75) is 6.04 Å². The maximum absolute atomic E-state index is 12.7. The Hall–Kier alpha value is -2.73. The molecule has 0 aromatic heterocycles. The van der Waals surface area contributed by atoms with Crippen LogP contribution in [0.5, 0.6) is 5.75 Å². The SMILES string of the molecule is COC(=O)c1cc(Cl)c(Cl)cc1C1=C2C=CC(N(C)C)C=C2Oc2cc(N(C)C)ccc21. The Bertz CT molecular complexity index is 1200. The van der Waals surface area contributed by atoms with E-state index in [1.807, 2.05) is 57.4 Å². The summed E-state index contributed by atoms with van der Waals surface area (Å²) in [4.78, 5) is 16.8. The zero-order valence-electron chi connectivity index (χ0n) is 18.6. The molecule has 2 aromatic carbocycles. The maximum Gasteiger partial charge on any atom is 0.338 e. The van der Waals surface area contributed by atoms with E-state index in [4.69, 9.17) is 32.7 Å². The number of nitrogens with zero attached hydrogens (tertiary/aromatic N) is 2.